The van der Waals surface area contributed by atoms with Crippen LogP contribution in [0.5, 0.6) is 5.75 Å². The van der Waals surface area contributed by atoms with Crippen molar-refractivity contribution in [2.45, 2.75) is 18.4 Å². The Bertz CT molecular complexity index is 655. The van der Waals surface area contributed by atoms with Gasteiger partial charge in [0.25, 0.3) is 0 Å². The molecule has 0 saturated heterocycles. The van der Waals surface area contributed by atoms with Crippen molar-refractivity contribution in [2.24, 2.45) is 0 Å². The maximum absolute atomic E-state index is 10.2. The van der Waals surface area contributed by atoms with Gasteiger partial charge in [-0.2, -0.15) is 0 Å². The number of fused-ring (bicyclic) bond motifs is 1. The molecule has 2 nitrogen and oxygen atoms in total. The molecule has 1 N–H and O–H groups in total. The highest BCUT2D eigenvalue weighted by Gasteiger charge is 2.31. The number of benzene rings is 2. The van der Waals surface area contributed by atoms with E-state index in [0.29, 0.717) is 16.5 Å². The Labute approximate surface area is 127 Å². The Morgan fingerprint density at radius 3 is 2.55 bits per heavy atom. The van der Waals surface area contributed by atoms with Crippen LogP contribution in [-0.2, 0) is 0 Å². The highest BCUT2D eigenvalue weighted by Crippen LogP contribution is 2.45. The van der Waals surface area contributed by atoms with E-state index in [1.165, 1.54) is 0 Å². The summed E-state index contributed by atoms with van der Waals surface area (Å²) in [6.07, 6.45) is 0.181. The third-order valence-electron chi connectivity index (χ3n) is 3.83. The first kappa shape index (κ1) is 13.7. The zero-order valence-corrected chi connectivity index (χ0v) is 12.4. The van der Waals surface area contributed by atoms with Gasteiger partial charge in [0.2, 0.25) is 0 Å². The average molecular weight is 309 g/mol. The molecule has 1 aliphatic rings. The van der Waals surface area contributed by atoms with Crippen molar-refractivity contribution in [1.29, 1.82) is 0 Å². The smallest absolute Gasteiger partial charge is 0.119 e. The van der Waals surface area contributed by atoms with Crippen molar-refractivity contribution in [1.82, 2.24) is 0 Å². The minimum Gasteiger partial charge on any atom is -0.497 e. The molecular weight excluding hydrogens is 295 g/mol. The second-order valence-electron chi connectivity index (χ2n) is 4.97. The first-order valence-corrected chi connectivity index (χ1v) is 7.16. The summed E-state index contributed by atoms with van der Waals surface area (Å²) in [6.45, 7) is 0. The Morgan fingerprint density at radius 1 is 1.05 bits per heavy atom. The third-order valence-corrected chi connectivity index (χ3v) is 4.57. The van der Waals surface area contributed by atoms with Crippen LogP contribution in [0.3, 0.4) is 0 Å². The van der Waals surface area contributed by atoms with Gasteiger partial charge in [0.05, 0.1) is 23.3 Å². The van der Waals surface area contributed by atoms with E-state index in [0.717, 1.165) is 22.4 Å². The Morgan fingerprint density at radius 2 is 1.85 bits per heavy atom. The molecule has 104 valence electrons. The van der Waals surface area contributed by atoms with Gasteiger partial charge in [0.15, 0.2) is 0 Å². The van der Waals surface area contributed by atoms with Crippen molar-refractivity contribution < 1.29 is 9.84 Å². The van der Waals surface area contributed by atoms with Crippen LogP contribution in [0.25, 0.3) is 0 Å². The molecule has 0 aliphatic heterocycles. The fraction of sp³-hybridized carbons (Fsp3) is 0.250. The average Bonchev–Trinajstić information content (AvgIpc) is 2.79. The van der Waals surface area contributed by atoms with Gasteiger partial charge in [-0.3, -0.25) is 0 Å². The molecule has 0 fully saturated rings. The fourth-order valence-electron chi connectivity index (χ4n) is 2.81. The minimum atomic E-state index is -0.473. The van der Waals surface area contributed by atoms with Crippen molar-refractivity contribution in [3.05, 3.63) is 63.1 Å². The molecule has 3 rings (SSSR count). The fourth-order valence-corrected chi connectivity index (χ4v) is 3.11. The highest BCUT2D eigenvalue weighted by molar-refractivity contribution is 6.42. The second kappa shape index (κ2) is 5.28. The Kier molecular flexibility index (Phi) is 3.63. The SMILES string of the molecule is COc1ccc2c(c1)C(O)CC2c1ccc(Cl)c(Cl)c1. The lowest BCUT2D eigenvalue weighted by atomic mass is 9.93. The molecular formula is C16H14Cl2O2. The summed E-state index contributed by atoms with van der Waals surface area (Å²) in [5.41, 5.74) is 3.12. The summed E-state index contributed by atoms with van der Waals surface area (Å²) in [4.78, 5) is 0. The first-order chi connectivity index (χ1) is 9.60. The molecule has 2 aromatic carbocycles. The van der Waals surface area contributed by atoms with Crippen molar-refractivity contribution >= 4 is 23.2 Å². The van der Waals surface area contributed by atoms with Crippen LogP contribution >= 0.6 is 23.2 Å². The van der Waals surface area contributed by atoms with Gasteiger partial charge >= 0.3 is 0 Å². The Hall–Kier alpha value is -1.22. The van der Waals surface area contributed by atoms with Gasteiger partial charge < -0.3 is 9.84 Å². The molecule has 0 aromatic heterocycles. The summed E-state index contributed by atoms with van der Waals surface area (Å²) in [6, 6.07) is 11.5. The number of ether oxygens (including phenoxy) is 1. The van der Waals surface area contributed by atoms with E-state index in [1.807, 2.05) is 30.3 Å². The molecule has 2 unspecified atom stereocenters. The largest absolute Gasteiger partial charge is 0.497 e. The summed E-state index contributed by atoms with van der Waals surface area (Å²) >= 11 is 12.0. The zero-order chi connectivity index (χ0) is 14.3. The molecule has 0 amide bonds. The van der Waals surface area contributed by atoms with Gasteiger partial charge in [-0.1, -0.05) is 35.3 Å². The van der Waals surface area contributed by atoms with Crippen LogP contribution < -0.4 is 4.74 Å². The van der Waals surface area contributed by atoms with E-state index in [-0.39, 0.29) is 5.92 Å². The lowest BCUT2D eigenvalue weighted by molar-refractivity contribution is 0.176. The second-order valence-corrected chi connectivity index (χ2v) is 5.79. The molecule has 4 heteroatoms. The van der Waals surface area contributed by atoms with Gasteiger partial charge in [0.1, 0.15) is 5.75 Å². The summed E-state index contributed by atoms with van der Waals surface area (Å²) < 4.78 is 5.21. The number of aliphatic hydroxyl groups is 1. The number of halogens is 2. The standard InChI is InChI=1S/C16H14Cl2O2/c1-20-10-3-4-11-12(8-16(19)13(11)7-10)9-2-5-14(17)15(18)6-9/h2-7,12,16,19H,8H2,1H3. The van der Waals surface area contributed by atoms with E-state index in [2.05, 4.69) is 0 Å². The van der Waals surface area contributed by atoms with Gasteiger partial charge in [-0.25, -0.2) is 0 Å². The van der Waals surface area contributed by atoms with Gasteiger partial charge in [-0.05, 0) is 47.4 Å². The van der Waals surface area contributed by atoms with Crippen LogP contribution in [0.15, 0.2) is 36.4 Å². The van der Waals surface area contributed by atoms with Crippen molar-refractivity contribution in [3.8, 4) is 5.75 Å². The van der Waals surface area contributed by atoms with E-state index >= 15 is 0 Å². The maximum Gasteiger partial charge on any atom is 0.119 e. The molecule has 0 spiro atoms. The molecule has 0 saturated carbocycles. The number of methoxy groups -OCH3 is 1. The highest BCUT2D eigenvalue weighted by atomic mass is 35.5. The van der Waals surface area contributed by atoms with E-state index in [4.69, 9.17) is 27.9 Å². The van der Waals surface area contributed by atoms with Gasteiger partial charge in [-0.15, -0.1) is 0 Å². The summed E-state index contributed by atoms with van der Waals surface area (Å²) in [5.74, 6) is 0.901. The molecule has 20 heavy (non-hydrogen) atoms. The predicted molar refractivity (Wildman–Crippen MR) is 80.9 cm³/mol. The molecule has 1 aliphatic carbocycles. The van der Waals surface area contributed by atoms with E-state index < -0.39 is 6.10 Å². The van der Waals surface area contributed by atoms with E-state index in [9.17, 15) is 5.11 Å². The maximum atomic E-state index is 10.2. The number of hydrogen-bond donors (Lipinski definition) is 1. The molecule has 0 bridgehead atoms. The molecule has 0 radical (unpaired) electrons. The van der Waals surface area contributed by atoms with Crippen molar-refractivity contribution in [3.63, 3.8) is 0 Å². The van der Waals surface area contributed by atoms with E-state index in [1.54, 1.807) is 13.2 Å². The Balaban J connectivity index is 2.04. The molecule has 0 heterocycles. The normalized spacial score (nSPS) is 20.8. The summed E-state index contributed by atoms with van der Waals surface area (Å²) in [7, 11) is 1.62. The van der Waals surface area contributed by atoms with Crippen LogP contribution in [-0.4, -0.2) is 12.2 Å². The van der Waals surface area contributed by atoms with Gasteiger partial charge in [0, 0.05) is 5.92 Å². The van der Waals surface area contributed by atoms with Crippen LogP contribution in [0.2, 0.25) is 10.0 Å². The predicted octanol–water partition coefficient (Wildman–Crippen LogP) is 4.57. The topological polar surface area (TPSA) is 29.5 Å². The lowest BCUT2D eigenvalue weighted by Crippen LogP contribution is -1.96. The molecule has 2 aromatic rings. The number of rotatable bonds is 2. The minimum absolute atomic E-state index is 0.140. The quantitative estimate of drug-likeness (QED) is 0.880. The number of hydrogen-bond acceptors (Lipinski definition) is 2. The monoisotopic (exact) mass is 308 g/mol. The van der Waals surface area contributed by atoms with Crippen molar-refractivity contribution in [2.75, 3.05) is 7.11 Å². The number of aliphatic hydroxyl groups excluding tert-OH is 1. The zero-order valence-electron chi connectivity index (χ0n) is 10.9. The van der Waals surface area contributed by atoms with Crippen LogP contribution in [0, 0.1) is 0 Å². The van der Waals surface area contributed by atoms with Crippen LogP contribution in [0.1, 0.15) is 35.1 Å². The summed E-state index contributed by atoms with van der Waals surface area (Å²) in [5, 5.41) is 11.3. The lowest BCUT2D eigenvalue weighted by Gasteiger charge is -2.13. The first-order valence-electron chi connectivity index (χ1n) is 6.41. The van der Waals surface area contributed by atoms with Crippen LogP contribution in [0.4, 0.5) is 0 Å². The molecule has 2 atom stereocenters. The third kappa shape index (κ3) is 2.28.